The third kappa shape index (κ3) is 5.54. The van der Waals surface area contributed by atoms with Crippen LogP contribution in [0.1, 0.15) is 40.8 Å². The molecule has 1 aromatic carbocycles. The Morgan fingerprint density at radius 1 is 1.13 bits per heavy atom. The quantitative estimate of drug-likeness (QED) is 0.555. The van der Waals surface area contributed by atoms with Crippen molar-refractivity contribution in [1.82, 2.24) is 15.3 Å². The van der Waals surface area contributed by atoms with Crippen LogP contribution in [-0.4, -0.2) is 35.3 Å². The summed E-state index contributed by atoms with van der Waals surface area (Å²) in [5.74, 6) is 0.754. The molecule has 4 nitrogen and oxygen atoms in total. The molecular formula is C23H27F3N4S. The molecule has 1 aliphatic rings. The summed E-state index contributed by atoms with van der Waals surface area (Å²) in [6, 6.07) is 8.57. The molecule has 0 radical (unpaired) electrons. The minimum atomic E-state index is -4.22. The topological polar surface area (TPSA) is 41.0 Å². The zero-order chi connectivity index (χ0) is 22.0. The van der Waals surface area contributed by atoms with E-state index in [1.54, 1.807) is 6.07 Å². The lowest BCUT2D eigenvalue weighted by Gasteiger charge is -2.22. The molecule has 1 atom stereocenters. The van der Waals surface area contributed by atoms with Gasteiger partial charge in [0.25, 0.3) is 0 Å². The number of alkyl halides is 3. The van der Waals surface area contributed by atoms with Gasteiger partial charge in [0.1, 0.15) is 17.0 Å². The van der Waals surface area contributed by atoms with Crippen molar-refractivity contribution in [3.8, 4) is 0 Å². The van der Waals surface area contributed by atoms with Crippen molar-refractivity contribution in [2.24, 2.45) is 0 Å². The summed E-state index contributed by atoms with van der Waals surface area (Å²) in [5.41, 5.74) is 3.90. The third-order valence-electron chi connectivity index (χ3n) is 5.84. The highest BCUT2D eigenvalue weighted by molar-refractivity contribution is 7.18. The molecule has 0 amide bonds. The fourth-order valence-corrected chi connectivity index (χ4v) is 5.26. The number of nitrogens with zero attached hydrogens (tertiary/aromatic N) is 3. The van der Waals surface area contributed by atoms with Gasteiger partial charge in [-0.3, -0.25) is 0 Å². The van der Waals surface area contributed by atoms with Gasteiger partial charge in [0.05, 0.1) is 11.8 Å². The summed E-state index contributed by atoms with van der Waals surface area (Å²) in [6.07, 6.45) is -0.625. The van der Waals surface area contributed by atoms with Gasteiger partial charge in [-0.25, -0.2) is 9.97 Å². The Kier molecular flexibility index (Phi) is 6.48. The van der Waals surface area contributed by atoms with Crippen LogP contribution in [0.25, 0.3) is 10.2 Å². The van der Waals surface area contributed by atoms with E-state index in [1.165, 1.54) is 23.0 Å². The maximum atomic E-state index is 12.8. The number of fused-ring (bicyclic) bond motifs is 1. The van der Waals surface area contributed by atoms with Crippen molar-refractivity contribution in [3.63, 3.8) is 0 Å². The van der Waals surface area contributed by atoms with Gasteiger partial charge in [-0.1, -0.05) is 23.8 Å². The average Bonchev–Trinajstić information content (AvgIpc) is 2.94. The second kappa shape index (κ2) is 9.12. The molecular weight excluding hydrogens is 421 g/mol. The molecule has 1 fully saturated rings. The van der Waals surface area contributed by atoms with E-state index in [0.717, 1.165) is 61.4 Å². The Morgan fingerprint density at radius 2 is 1.97 bits per heavy atom. The molecule has 0 bridgehead atoms. The number of hydrogen-bond acceptors (Lipinski definition) is 5. The predicted molar refractivity (Wildman–Crippen MR) is 120 cm³/mol. The summed E-state index contributed by atoms with van der Waals surface area (Å²) in [6.45, 7) is 6.76. The van der Waals surface area contributed by atoms with E-state index in [4.69, 9.17) is 0 Å². The summed E-state index contributed by atoms with van der Waals surface area (Å²) in [5, 5.41) is 4.42. The number of thiophene rings is 1. The first-order valence-corrected chi connectivity index (χ1v) is 11.4. The van der Waals surface area contributed by atoms with Gasteiger partial charge in [-0.2, -0.15) is 13.2 Å². The first-order chi connectivity index (χ1) is 14.8. The Hall–Kier alpha value is -2.19. The Morgan fingerprint density at radius 3 is 2.74 bits per heavy atom. The largest absolute Gasteiger partial charge is 0.393 e. The highest BCUT2D eigenvalue weighted by atomic mass is 32.1. The van der Waals surface area contributed by atoms with Crippen LogP contribution in [-0.2, 0) is 13.0 Å². The van der Waals surface area contributed by atoms with Gasteiger partial charge in [0.2, 0.25) is 0 Å². The molecule has 0 aliphatic carbocycles. The molecule has 1 aliphatic heterocycles. The lowest BCUT2D eigenvalue weighted by molar-refractivity contribution is -0.126. The van der Waals surface area contributed by atoms with E-state index in [2.05, 4.69) is 52.2 Å². The number of rotatable bonds is 5. The van der Waals surface area contributed by atoms with Crippen molar-refractivity contribution in [2.75, 3.05) is 18.0 Å². The van der Waals surface area contributed by atoms with Gasteiger partial charge in [0, 0.05) is 30.6 Å². The van der Waals surface area contributed by atoms with E-state index in [-0.39, 0.29) is 4.88 Å². The monoisotopic (exact) mass is 448 g/mol. The van der Waals surface area contributed by atoms with Gasteiger partial charge < -0.3 is 10.2 Å². The second-order valence-electron chi connectivity index (χ2n) is 8.35. The Labute approximate surface area is 184 Å². The SMILES string of the molecule is Cc1ccc(CNC2CCCN(c3ncnc4sc(CC(F)(F)F)cc34)CC2)c(C)c1. The van der Waals surface area contributed by atoms with Crippen molar-refractivity contribution < 1.29 is 13.2 Å². The van der Waals surface area contributed by atoms with Crippen LogP contribution in [0.5, 0.6) is 0 Å². The fourth-order valence-electron chi connectivity index (χ4n) is 4.24. The highest BCUT2D eigenvalue weighted by Crippen LogP contribution is 2.34. The number of aromatic nitrogens is 2. The Bertz CT molecular complexity index is 1050. The molecule has 166 valence electrons. The third-order valence-corrected chi connectivity index (χ3v) is 6.88. The van der Waals surface area contributed by atoms with Gasteiger partial charge in [-0.05, 0) is 50.3 Å². The molecule has 4 rings (SSSR count). The molecule has 1 N–H and O–H groups in total. The normalized spacial score (nSPS) is 17.8. The maximum Gasteiger partial charge on any atom is 0.393 e. The van der Waals surface area contributed by atoms with Crippen LogP contribution in [0, 0.1) is 13.8 Å². The van der Waals surface area contributed by atoms with Crippen molar-refractivity contribution >= 4 is 27.4 Å². The van der Waals surface area contributed by atoms with Gasteiger partial charge >= 0.3 is 6.18 Å². The van der Waals surface area contributed by atoms with Crippen molar-refractivity contribution in [1.29, 1.82) is 0 Å². The average molecular weight is 449 g/mol. The summed E-state index contributed by atoms with van der Waals surface area (Å²) < 4.78 is 38.4. The minimum absolute atomic E-state index is 0.284. The van der Waals surface area contributed by atoms with E-state index in [0.29, 0.717) is 10.9 Å². The zero-order valence-electron chi connectivity index (χ0n) is 17.8. The van der Waals surface area contributed by atoms with E-state index < -0.39 is 12.6 Å². The minimum Gasteiger partial charge on any atom is -0.356 e. The van der Waals surface area contributed by atoms with Gasteiger partial charge in [-0.15, -0.1) is 11.3 Å². The predicted octanol–water partition coefficient (Wildman–Crippen LogP) is 5.56. The molecule has 3 heterocycles. The van der Waals surface area contributed by atoms with E-state index in [1.807, 2.05) is 0 Å². The lowest BCUT2D eigenvalue weighted by atomic mass is 10.0. The Balaban J connectivity index is 1.43. The molecule has 2 aromatic heterocycles. The number of halogens is 3. The summed E-state index contributed by atoms with van der Waals surface area (Å²) in [7, 11) is 0. The number of nitrogens with one attached hydrogen (secondary N) is 1. The van der Waals surface area contributed by atoms with Crippen LogP contribution in [0.2, 0.25) is 0 Å². The molecule has 1 unspecified atom stereocenters. The number of aryl methyl sites for hydroxylation is 2. The zero-order valence-corrected chi connectivity index (χ0v) is 18.6. The molecule has 31 heavy (non-hydrogen) atoms. The first kappa shape index (κ1) is 22.0. The van der Waals surface area contributed by atoms with Crippen LogP contribution in [0.15, 0.2) is 30.6 Å². The number of anilines is 1. The molecule has 0 spiro atoms. The van der Waals surface area contributed by atoms with Crippen molar-refractivity contribution in [3.05, 3.63) is 52.2 Å². The fraction of sp³-hybridized carbons (Fsp3) is 0.478. The van der Waals surface area contributed by atoms with Crippen LogP contribution in [0.3, 0.4) is 0 Å². The highest BCUT2D eigenvalue weighted by Gasteiger charge is 2.29. The second-order valence-corrected chi connectivity index (χ2v) is 9.46. The summed E-state index contributed by atoms with van der Waals surface area (Å²) >= 11 is 1.11. The van der Waals surface area contributed by atoms with Crippen LogP contribution < -0.4 is 10.2 Å². The molecule has 3 aromatic rings. The molecule has 0 saturated carbocycles. The first-order valence-electron chi connectivity index (χ1n) is 10.6. The number of hydrogen-bond donors (Lipinski definition) is 1. The van der Waals surface area contributed by atoms with Crippen molar-refractivity contribution in [2.45, 2.75) is 58.3 Å². The maximum absolute atomic E-state index is 12.8. The molecule has 8 heteroatoms. The molecule has 1 saturated heterocycles. The summed E-state index contributed by atoms with van der Waals surface area (Å²) in [4.78, 5) is 11.8. The van der Waals surface area contributed by atoms with Gasteiger partial charge in [0.15, 0.2) is 0 Å². The smallest absolute Gasteiger partial charge is 0.356 e. The van der Waals surface area contributed by atoms with E-state index in [9.17, 15) is 13.2 Å². The van der Waals surface area contributed by atoms with E-state index >= 15 is 0 Å². The van der Waals surface area contributed by atoms with Crippen LogP contribution in [0.4, 0.5) is 19.0 Å². The standard InChI is InChI=1S/C23H27F3N4S/c1-15-5-6-17(16(2)10-15)13-27-18-4-3-8-30(9-7-18)21-20-11-19(12-23(24,25)26)31-22(20)29-14-28-21/h5-6,10-11,14,18,27H,3-4,7-9,12-13H2,1-2H3. The number of benzene rings is 1. The van der Waals surface area contributed by atoms with Crippen LogP contribution >= 0.6 is 11.3 Å². The lowest BCUT2D eigenvalue weighted by Crippen LogP contribution is -2.31.